The van der Waals surface area contributed by atoms with Crippen molar-refractivity contribution in [1.29, 1.82) is 0 Å². The second kappa shape index (κ2) is 62.4. The van der Waals surface area contributed by atoms with Gasteiger partial charge in [-0.1, -0.05) is 271 Å². The molecule has 6 nitrogen and oxygen atoms in total. The number of rotatable bonds is 55. The van der Waals surface area contributed by atoms with Gasteiger partial charge >= 0.3 is 17.9 Å². The molecule has 0 N–H and O–H groups in total. The third-order valence-electron chi connectivity index (χ3n) is 13.0. The van der Waals surface area contributed by atoms with E-state index in [0.717, 1.165) is 128 Å². The number of ether oxygens (including phenoxy) is 3. The summed E-state index contributed by atoms with van der Waals surface area (Å²) in [6, 6.07) is 0. The van der Waals surface area contributed by atoms with Crippen LogP contribution in [0.5, 0.6) is 0 Å². The van der Waals surface area contributed by atoms with Crippen LogP contribution in [0.15, 0.2) is 122 Å². The van der Waals surface area contributed by atoms with E-state index in [1.165, 1.54) is 109 Å². The molecule has 0 saturated heterocycles. The van der Waals surface area contributed by atoms with Gasteiger partial charge in [-0.3, -0.25) is 14.4 Å². The lowest BCUT2D eigenvalue weighted by molar-refractivity contribution is -0.167. The van der Waals surface area contributed by atoms with Gasteiger partial charge in [-0.2, -0.15) is 0 Å². The number of carbonyl (C=O) groups is 3. The maximum absolute atomic E-state index is 12.8. The zero-order valence-electron chi connectivity index (χ0n) is 48.8. The number of esters is 3. The van der Waals surface area contributed by atoms with E-state index < -0.39 is 6.10 Å². The van der Waals surface area contributed by atoms with E-state index in [-0.39, 0.29) is 31.1 Å². The molecule has 0 rings (SSSR count). The summed E-state index contributed by atoms with van der Waals surface area (Å²) in [6.45, 7) is 6.37. The fraction of sp³-hybridized carbons (Fsp3) is 0.667. The number of allylic oxidation sites excluding steroid dienone is 20. The molecule has 0 aromatic rings. The van der Waals surface area contributed by atoms with Crippen LogP contribution in [0.1, 0.15) is 278 Å². The minimum absolute atomic E-state index is 0.0828. The van der Waals surface area contributed by atoms with Crippen molar-refractivity contribution in [1.82, 2.24) is 0 Å². The van der Waals surface area contributed by atoms with Gasteiger partial charge in [0.15, 0.2) is 6.10 Å². The SMILES string of the molecule is CC/C=C\C/C=C\C/C=C\C/C=C\C/C=C\C/C=C\C/C=C\CCCCCCCCCCCCCC(=O)OCC(COC(=O)CCCCCCCCC)OC(=O)CCCCCCCCC/C=C\C/C=C\C/C=C\CC. The van der Waals surface area contributed by atoms with Crippen molar-refractivity contribution in [2.45, 2.75) is 284 Å². The lowest BCUT2D eigenvalue weighted by atomic mass is 10.0. The molecule has 0 fully saturated rings. The van der Waals surface area contributed by atoms with Crippen molar-refractivity contribution in [2.75, 3.05) is 13.2 Å². The summed E-state index contributed by atoms with van der Waals surface area (Å²) in [5.74, 6) is -0.901. The Labute approximate surface area is 462 Å². The molecule has 0 saturated carbocycles. The molecule has 0 aromatic heterocycles. The minimum atomic E-state index is -0.783. The molecule has 0 aliphatic rings. The second-order valence-electron chi connectivity index (χ2n) is 20.2. The van der Waals surface area contributed by atoms with Crippen LogP contribution in [-0.2, 0) is 28.6 Å². The fourth-order valence-electron chi connectivity index (χ4n) is 8.38. The van der Waals surface area contributed by atoms with Gasteiger partial charge in [0, 0.05) is 19.3 Å². The summed E-state index contributed by atoms with van der Waals surface area (Å²) < 4.78 is 16.8. The molecule has 0 spiro atoms. The average molecular weight is 1040 g/mol. The van der Waals surface area contributed by atoms with Gasteiger partial charge < -0.3 is 14.2 Å². The first-order valence-corrected chi connectivity index (χ1v) is 31.0. The van der Waals surface area contributed by atoms with Gasteiger partial charge in [0.1, 0.15) is 13.2 Å². The highest BCUT2D eigenvalue weighted by atomic mass is 16.6. The fourth-order valence-corrected chi connectivity index (χ4v) is 8.38. The maximum atomic E-state index is 12.8. The zero-order valence-corrected chi connectivity index (χ0v) is 48.8. The van der Waals surface area contributed by atoms with E-state index in [4.69, 9.17) is 14.2 Å². The van der Waals surface area contributed by atoms with Crippen molar-refractivity contribution < 1.29 is 28.6 Å². The van der Waals surface area contributed by atoms with Crippen molar-refractivity contribution >= 4 is 17.9 Å². The van der Waals surface area contributed by atoms with Crippen LogP contribution >= 0.6 is 0 Å². The van der Waals surface area contributed by atoms with Crippen LogP contribution in [0.4, 0.5) is 0 Å². The predicted molar refractivity (Wildman–Crippen MR) is 325 cm³/mol. The predicted octanol–water partition coefficient (Wildman–Crippen LogP) is 21.2. The summed E-state index contributed by atoms with van der Waals surface area (Å²) >= 11 is 0. The molecule has 0 bridgehead atoms. The molecule has 0 aliphatic heterocycles. The van der Waals surface area contributed by atoms with Crippen LogP contribution in [0.2, 0.25) is 0 Å². The quantitative estimate of drug-likeness (QED) is 0.0261. The standard InChI is InChI=1S/C69H114O6/c1-4-7-10-13-16-18-20-22-24-26-27-28-29-30-31-32-33-34-35-36-37-38-39-40-41-43-44-46-48-50-53-56-59-62-68(71)74-65-66(64-73-67(70)61-58-55-52-15-12-9-6-3)75-69(72)63-60-57-54-51-49-47-45-42-25-23-21-19-17-14-11-8-5-2/h7-8,10-11,16-19,22-25,27-28,30-31,33-34,36-37,66H,4-6,9,12-15,20-21,26,29,32,35,38-65H2,1-3H3/b10-7-,11-8-,18-16-,19-17-,24-22-,25-23-,28-27-,31-30-,34-33-,37-36-. The summed E-state index contributed by atoms with van der Waals surface area (Å²) in [7, 11) is 0. The van der Waals surface area contributed by atoms with Crippen molar-refractivity contribution in [3.63, 3.8) is 0 Å². The number of hydrogen-bond donors (Lipinski definition) is 0. The van der Waals surface area contributed by atoms with Crippen LogP contribution in [0.25, 0.3) is 0 Å². The highest BCUT2D eigenvalue weighted by Crippen LogP contribution is 2.15. The number of unbranched alkanes of at least 4 members (excludes halogenated alkanes) is 24. The molecule has 75 heavy (non-hydrogen) atoms. The first kappa shape index (κ1) is 70.8. The third-order valence-corrected chi connectivity index (χ3v) is 13.0. The third kappa shape index (κ3) is 60.6. The Morgan fingerprint density at radius 2 is 0.520 bits per heavy atom. The van der Waals surface area contributed by atoms with E-state index >= 15 is 0 Å². The summed E-state index contributed by atoms with van der Waals surface area (Å²) in [6.07, 6.45) is 86.6. The molecule has 0 radical (unpaired) electrons. The Morgan fingerprint density at radius 3 is 0.813 bits per heavy atom. The topological polar surface area (TPSA) is 78.9 Å². The van der Waals surface area contributed by atoms with Crippen LogP contribution in [-0.4, -0.2) is 37.2 Å². The smallest absolute Gasteiger partial charge is 0.306 e. The second-order valence-corrected chi connectivity index (χ2v) is 20.2. The number of hydrogen-bond acceptors (Lipinski definition) is 6. The minimum Gasteiger partial charge on any atom is -0.462 e. The first-order valence-electron chi connectivity index (χ1n) is 31.0. The Morgan fingerprint density at radius 1 is 0.280 bits per heavy atom. The van der Waals surface area contributed by atoms with Crippen molar-refractivity contribution in [3.05, 3.63) is 122 Å². The Bertz CT molecular complexity index is 1570. The molecule has 1 unspecified atom stereocenters. The monoisotopic (exact) mass is 1040 g/mol. The number of carbonyl (C=O) groups excluding carboxylic acids is 3. The Hall–Kier alpha value is -4.19. The molecular weight excluding hydrogens is 925 g/mol. The molecular formula is C69H114O6. The van der Waals surface area contributed by atoms with E-state index in [1.54, 1.807) is 0 Å². The Kier molecular flexibility index (Phi) is 58.9. The molecule has 426 valence electrons. The van der Waals surface area contributed by atoms with Crippen LogP contribution in [0.3, 0.4) is 0 Å². The van der Waals surface area contributed by atoms with Gasteiger partial charge in [-0.05, 0) is 109 Å². The molecule has 1 atom stereocenters. The van der Waals surface area contributed by atoms with Gasteiger partial charge in [0.2, 0.25) is 0 Å². The van der Waals surface area contributed by atoms with Gasteiger partial charge in [-0.25, -0.2) is 0 Å². The summed E-state index contributed by atoms with van der Waals surface area (Å²) in [5.41, 5.74) is 0. The van der Waals surface area contributed by atoms with E-state index in [0.29, 0.717) is 19.3 Å². The highest BCUT2D eigenvalue weighted by molar-refractivity contribution is 5.71. The highest BCUT2D eigenvalue weighted by Gasteiger charge is 2.19. The largest absolute Gasteiger partial charge is 0.462 e. The van der Waals surface area contributed by atoms with E-state index in [9.17, 15) is 14.4 Å². The van der Waals surface area contributed by atoms with Crippen LogP contribution < -0.4 is 0 Å². The maximum Gasteiger partial charge on any atom is 0.306 e. The normalized spacial score (nSPS) is 12.9. The summed E-state index contributed by atoms with van der Waals surface area (Å²) in [5, 5.41) is 0. The lowest BCUT2D eigenvalue weighted by Crippen LogP contribution is -2.30. The van der Waals surface area contributed by atoms with Crippen LogP contribution in [0, 0.1) is 0 Å². The molecule has 0 aromatic carbocycles. The van der Waals surface area contributed by atoms with E-state index in [1.807, 2.05) is 0 Å². The average Bonchev–Trinajstić information content (AvgIpc) is 3.41. The van der Waals surface area contributed by atoms with Gasteiger partial charge in [0.25, 0.3) is 0 Å². The van der Waals surface area contributed by atoms with Crippen molar-refractivity contribution in [2.24, 2.45) is 0 Å². The molecule has 0 amide bonds. The first-order chi connectivity index (χ1) is 37.0. The lowest BCUT2D eigenvalue weighted by Gasteiger charge is -2.18. The van der Waals surface area contributed by atoms with E-state index in [2.05, 4.69) is 142 Å². The zero-order chi connectivity index (χ0) is 54.3. The summed E-state index contributed by atoms with van der Waals surface area (Å²) in [4.78, 5) is 38.0. The van der Waals surface area contributed by atoms with Gasteiger partial charge in [0.05, 0.1) is 0 Å². The van der Waals surface area contributed by atoms with Gasteiger partial charge in [-0.15, -0.1) is 0 Å². The molecule has 0 aliphatic carbocycles. The molecule has 6 heteroatoms. The molecule has 0 heterocycles. The van der Waals surface area contributed by atoms with Crippen molar-refractivity contribution in [3.8, 4) is 0 Å². The Balaban J connectivity index is 4.11.